The Balaban J connectivity index is 1.49. The summed E-state index contributed by atoms with van der Waals surface area (Å²) in [4.78, 5) is 20.8. The second-order valence-corrected chi connectivity index (χ2v) is 6.31. The van der Waals surface area contributed by atoms with Crippen molar-refractivity contribution in [1.29, 1.82) is 0 Å². The molecule has 2 aliphatic heterocycles. The molecule has 1 amide bonds. The van der Waals surface area contributed by atoms with E-state index in [1.54, 1.807) is 12.3 Å². The highest BCUT2D eigenvalue weighted by Gasteiger charge is 2.30. The highest BCUT2D eigenvalue weighted by atomic mass is 19.1. The number of halogens is 1. The van der Waals surface area contributed by atoms with Crippen LogP contribution in [0.4, 0.5) is 10.1 Å². The van der Waals surface area contributed by atoms with E-state index in [9.17, 15) is 9.18 Å². The summed E-state index contributed by atoms with van der Waals surface area (Å²) in [6, 6.07) is 6.65. The Morgan fingerprint density at radius 1 is 1.21 bits per heavy atom. The fourth-order valence-electron chi connectivity index (χ4n) is 3.53. The molecule has 1 unspecified atom stereocenters. The second kappa shape index (κ2) is 6.36. The molecule has 3 heterocycles. The molecule has 2 aliphatic rings. The Morgan fingerprint density at radius 3 is 2.79 bits per heavy atom. The third kappa shape index (κ3) is 2.82. The van der Waals surface area contributed by atoms with Gasteiger partial charge in [-0.3, -0.25) is 9.78 Å². The largest absolute Gasteiger partial charge is 0.368 e. The number of carbonyl (C=O) groups excluding carboxylic acids is 1. The Labute approximate surface area is 140 Å². The van der Waals surface area contributed by atoms with E-state index < -0.39 is 0 Å². The van der Waals surface area contributed by atoms with E-state index in [0.29, 0.717) is 25.2 Å². The monoisotopic (exact) mass is 329 g/mol. The fourth-order valence-corrected chi connectivity index (χ4v) is 3.53. The lowest BCUT2D eigenvalue weighted by atomic mass is 10.1. The summed E-state index contributed by atoms with van der Waals surface area (Å²) in [5.41, 5.74) is 1.70. The SMILES string of the molecule is O=C(C1CCCO1)N1CCN(c2ccnc3cc(F)ccc23)CC1. The van der Waals surface area contributed by atoms with Gasteiger partial charge >= 0.3 is 0 Å². The lowest BCUT2D eigenvalue weighted by Crippen LogP contribution is -2.51. The topological polar surface area (TPSA) is 45.7 Å². The molecule has 0 saturated carbocycles. The first-order chi connectivity index (χ1) is 11.7. The summed E-state index contributed by atoms with van der Waals surface area (Å²) in [6.07, 6.45) is 3.26. The molecule has 1 aromatic carbocycles. The summed E-state index contributed by atoms with van der Waals surface area (Å²) in [6.45, 7) is 3.58. The molecule has 6 heteroatoms. The van der Waals surface area contributed by atoms with E-state index >= 15 is 0 Å². The third-order valence-corrected chi connectivity index (χ3v) is 4.82. The summed E-state index contributed by atoms with van der Waals surface area (Å²) in [7, 11) is 0. The smallest absolute Gasteiger partial charge is 0.251 e. The Kier molecular flexibility index (Phi) is 4.06. The lowest BCUT2D eigenvalue weighted by molar-refractivity contribution is -0.141. The van der Waals surface area contributed by atoms with Gasteiger partial charge in [0.2, 0.25) is 0 Å². The van der Waals surface area contributed by atoms with Crippen LogP contribution in [-0.4, -0.2) is 54.7 Å². The number of ether oxygens (including phenoxy) is 1. The van der Waals surface area contributed by atoms with Gasteiger partial charge < -0.3 is 14.5 Å². The van der Waals surface area contributed by atoms with E-state index in [1.165, 1.54) is 12.1 Å². The zero-order chi connectivity index (χ0) is 16.5. The Bertz CT molecular complexity index is 753. The standard InChI is InChI=1S/C18H20FN3O2/c19-13-3-4-14-15(12-13)20-6-5-16(14)21-7-9-22(10-8-21)18(23)17-2-1-11-24-17/h3-6,12,17H,1-2,7-11H2. The molecule has 0 aliphatic carbocycles. The van der Waals surface area contributed by atoms with Crippen molar-refractivity contribution in [3.63, 3.8) is 0 Å². The van der Waals surface area contributed by atoms with Gasteiger partial charge in [0.15, 0.2) is 0 Å². The first kappa shape index (κ1) is 15.3. The zero-order valence-electron chi connectivity index (χ0n) is 13.4. The number of benzene rings is 1. The van der Waals surface area contributed by atoms with Gasteiger partial charge in [0, 0.05) is 56.1 Å². The summed E-state index contributed by atoms with van der Waals surface area (Å²) >= 11 is 0. The van der Waals surface area contributed by atoms with Crippen LogP contribution in [0.15, 0.2) is 30.5 Å². The van der Waals surface area contributed by atoms with Gasteiger partial charge in [-0.05, 0) is 31.0 Å². The molecular weight excluding hydrogens is 309 g/mol. The van der Waals surface area contributed by atoms with Crippen LogP contribution in [0.5, 0.6) is 0 Å². The fraction of sp³-hybridized carbons (Fsp3) is 0.444. The lowest BCUT2D eigenvalue weighted by Gasteiger charge is -2.37. The van der Waals surface area contributed by atoms with Crippen LogP contribution in [0.25, 0.3) is 10.9 Å². The van der Waals surface area contributed by atoms with Crippen molar-refractivity contribution in [3.05, 3.63) is 36.3 Å². The van der Waals surface area contributed by atoms with Gasteiger partial charge in [-0.15, -0.1) is 0 Å². The van der Waals surface area contributed by atoms with Crippen molar-refractivity contribution in [1.82, 2.24) is 9.88 Å². The first-order valence-electron chi connectivity index (χ1n) is 8.42. The maximum absolute atomic E-state index is 13.4. The van der Waals surface area contributed by atoms with Crippen LogP contribution >= 0.6 is 0 Å². The molecule has 5 nitrogen and oxygen atoms in total. The van der Waals surface area contributed by atoms with E-state index in [4.69, 9.17) is 4.74 Å². The molecule has 0 spiro atoms. The number of carbonyl (C=O) groups is 1. The van der Waals surface area contributed by atoms with Crippen LogP contribution in [-0.2, 0) is 9.53 Å². The number of hydrogen-bond acceptors (Lipinski definition) is 4. The molecule has 4 rings (SSSR count). The normalized spacial score (nSPS) is 21.5. The number of nitrogens with zero attached hydrogens (tertiary/aromatic N) is 3. The molecule has 2 aromatic rings. The average Bonchev–Trinajstić information content (AvgIpc) is 3.15. The van der Waals surface area contributed by atoms with Crippen LogP contribution in [0.3, 0.4) is 0 Å². The highest BCUT2D eigenvalue weighted by Crippen LogP contribution is 2.27. The number of rotatable bonds is 2. The summed E-state index contributed by atoms with van der Waals surface area (Å²) in [5.74, 6) is -0.159. The number of anilines is 1. The molecule has 1 aromatic heterocycles. The van der Waals surface area contributed by atoms with Gasteiger partial charge in [0.25, 0.3) is 5.91 Å². The first-order valence-corrected chi connectivity index (χ1v) is 8.42. The molecular formula is C18H20FN3O2. The predicted octanol–water partition coefficient (Wildman–Crippen LogP) is 2.20. The molecule has 1 atom stereocenters. The number of aromatic nitrogens is 1. The van der Waals surface area contributed by atoms with Gasteiger partial charge in [-0.1, -0.05) is 0 Å². The average molecular weight is 329 g/mol. The molecule has 126 valence electrons. The van der Waals surface area contributed by atoms with Crippen molar-refractivity contribution in [2.45, 2.75) is 18.9 Å². The van der Waals surface area contributed by atoms with Crippen molar-refractivity contribution in [2.75, 3.05) is 37.7 Å². The maximum Gasteiger partial charge on any atom is 0.251 e. The van der Waals surface area contributed by atoms with E-state index in [0.717, 1.165) is 37.0 Å². The van der Waals surface area contributed by atoms with Crippen molar-refractivity contribution in [2.24, 2.45) is 0 Å². The van der Waals surface area contributed by atoms with Crippen molar-refractivity contribution < 1.29 is 13.9 Å². The van der Waals surface area contributed by atoms with Crippen molar-refractivity contribution in [3.8, 4) is 0 Å². The third-order valence-electron chi connectivity index (χ3n) is 4.82. The molecule has 2 saturated heterocycles. The minimum Gasteiger partial charge on any atom is -0.368 e. The Morgan fingerprint density at radius 2 is 2.04 bits per heavy atom. The summed E-state index contributed by atoms with van der Waals surface area (Å²) in [5, 5.41) is 0.942. The van der Waals surface area contributed by atoms with E-state index in [1.807, 2.05) is 11.0 Å². The second-order valence-electron chi connectivity index (χ2n) is 6.31. The quantitative estimate of drug-likeness (QED) is 0.847. The maximum atomic E-state index is 13.4. The van der Waals surface area contributed by atoms with Crippen LogP contribution in [0.2, 0.25) is 0 Å². The molecule has 0 bridgehead atoms. The van der Waals surface area contributed by atoms with Gasteiger partial charge in [0.1, 0.15) is 11.9 Å². The van der Waals surface area contributed by atoms with Gasteiger partial charge in [-0.25, -0.2) is 4.39 Å². The number of fused-ring (bicyclic) bond motifs is 1. The van der Waals surface area contributed by atoms with E-state index in [-0.39, 0.29) is 17.8 Å². The van der Waals surface area contributed by atoms with Gasteiger partial charge in [0.05, 0.1) is 5.52 Å². The molecule has 0 N–H and O–H groups in total. The van der Waals surface area contributed by atoms with Crippen LogP contribution in [0.1, 0.15) is 12.8 Å². The number of piperazine rings is 1. The highest BCUT2D eigenvalue weighted by molar-refractivity contribution is 5.91. The minimum absolute atomic E-state index is 0.119. The summed E-state index contributed by atoms with van der Waals surface area (Å²) < 4.78 is 18.9. The Hall–Kier alpha value is -2.21. The van der Waals surface area contributed by atoms with E-state index in [2.05, 4.69) is 9.88 Å². The van der Waals surface area contributed by atoms with Crippen LogP contribution < -0.4 is 4.90 Å². The number of hydrogen-bond donors (Lipinski definition) is 0. The molecule has 0 radical (unpaired) electrons. The zero-order valence-corrected chi connectivity index (χ0v) is 13.4. The van der Waals surface area contributed by atoms with Crippen LogP contribution in [0, 0.1) is 5.82 Å². The number of amides is 1. The number of pyridine rings is 1. The molecule has 2 fully saturated rings. The predicted molar refractivity (Wildman–Crippen MR) is 89.5 cm³/mol. The van der Waals surface area contributed by atoms with Gasteiger partial charge in [-0.2, -0.15) is 0 Å². The molecule has 24 heavy (non-hydrogen) atoms. The minimum atomic E-state index is -0.279. The van der Waals surface area contributed by atoms with Crippen molar-refractivity contribution >= 4 is 22.5 Å².